The Kier molecular flexibility index (Phi) is 1.73. The van der Waals surface area contributed by atoms with E-state index < -0.39 is 5.97 Å². The van der Waals surface area contributed by atoms with E-state index in [4.69, 9.17) is 5.11 Å². The number of rotatable bonds is 1. The fraction of sp³-hybridized carbons (Fsp3) is 0.111. The van der Waals surface area contributed by atoms with Crippen molar-refractivity contribution in [3.63, 3.8) is 0 Å². The van der Waals surface area contributed by atoms with E-state index >= 15 is 0 Å². The molecule has 4 nitrogen and oxygen atoms in total. The number of carboxylic acids is 1. The molecule has 0 fully saturated rings. The van der Waals surface area contributed by atoms with Gasteiger partial charge in [-0.3, -0.25) is 0 Å². The number of aliphatic imine (C=N–C) groups is 1. The molecule has 0 aliphatic carbocycles. The molecule has 1 heterocycles. The minimum atomic E-state index is -0.920. The van der Waals surface area contributed by atoms with Gasteiger partial charge in [-0.15, -0.1) is 0 Å². The third-order valence-electron chi connectivity index (χ3n) is 1.92. The van der Waals surface area contributed by atoms with Crippen molar-refractivity contribution in [1.29, 1.82) is 0 Å². The number of benzene rings is 1. The smallest absolute Gasteiger partial charge is 0.335 e. The van der Waals surface area contributed by atoms with E-state index in [2.05, 4.69) is 10.3 Å². The maximum Gasteiger partial charge on any atom is 0.335 e. The van der Waals surface area contributed by atoms with Crippen LogP contribution in [0.4, 0.5) is 5.69 Å². The van der Waals surface area contributed by atoms with Crippen LogP contribution in [0.3, 0.4) is 0 Å². The average Bonchev–Trinajstić information content (AvgIpc) is 2.17. The van der Waals surface area contributed by atoms with Crippen LogP contribution in [0.1, 0.15) is 15.9 Å². The van der Waals surface area contributed by atoms with Crippen LogP contribution < -0.4 is 5.32 Å². The molecule has 0 spiro atoms. The second-order valence-electron chi connectivity index (χ2n) is 2.79. The van der Waals surface area contributed by atoms with Crippen LogP contribution >= 0.6 is 0 Å². The van der Waals surface area contributed by atoms with Crippen molar-refractivity contribution in [2.45, 2.75) is 6.54 Å². The number of fused-ring (bicyclic) bond motifs is 1. The van der Waals surface area contributed by atoms with Crippen LogP contribution in [0.2, 0.25) is 0 Å². The van der Waals surface area contributed by atoms with Gasteiger partial charge in [-0.05, 0) is 17.7 Å². The molecule has 0 unspecified atom stereocenters. The number of aromatic carboxylic acids is 1. The highest BCUT2D eigenvalue weighted by Crippen LogP contribution is 2.22. The summed E-state index contributed by atoms with van der Waals surface area (Å²) in [4.78, 5) is 14.7. The summed E-state index contributed by atoms with van der Waals surface area (Å²) in [7, 11) is 0. The van der Waals surface area contributed by atoms with Gasteiger partial charge < -0.3 is 10.4 Å². The van der Waals surface area contributed by atoms with Crippen molar-refractivity contribution < 1.29 is 9.90 Å². The lowest BCUT2D eigenvalue weighted by molar-refractivity contribution is 0.0697. The summed E-state index contributed by atoms with van der Waals surface area (Å²) in [6, 6.07) is 4.95. The second kappa shape index (κ2) is 2.90. The zero-order chi connectivity index (χ0) is 9.26. The van der Waals surface area contributed by atoms with E-state index in [-0.39, 0.29) is 5.56 Å². The van der Waals surface area contributed by atoms with Gasteiger partial charge in [-0.2, -0.15) is 0 Å². The molecule has 66 valence electrons. The molecular formula is C9H8N2O2. The van der Waals surface area contributed by atoms with Crippen molar-refractivity contribution in [3.05, 3.63) is 29.3 Å². The largest absolute Gasteiger partial charge is 0.478 e. The first-order chi connectivity index (χ1) is 6.27. The van der Waals surface area contributed by atoms with E-state index in [0.717, 1.165) is 11.3 Å². The highest BCUT2D eigenvalue weighted by Gasteiger charge is 2.08. The van der Waals surface area contributed by atoms with Crippen LogP contribution in [-0.4, -0.2) is 17.4 Å². The summed E-state index contributed by atoms with van der Waals surface area (Å²) in [5, 5.41) is 11.7. The van der Waals surface area contributed by atoms with Crippen molar-refractivity contribution in [2.75, 3.05) is 0 Å². The molecular weight excluding hydrogens is 168 g/mol. The molecule has 2 rings (SSSR count). The standard InChI is InChI=1S/C9H8N2O2/c12-9(13)6-1-2-7-4-10-5-11-8(7)3-6/h1-3,5H,4H2,(H,10,11)(H,12,13). The molecule has 1 aliphatic rings. The molecule has 13 heavy (non-hydrogen) atoms. The van der Waals surface area contributed by atoms with Crippen molar-refractivity contribution in [2.24, 2.45) is 4.99 Å². The second-order valence-corrected chi connectivity index (χ2v) is 2.79. The number of hydrogen-bond donors (Lipinski definition) is 2. The molecule has 0 saturated heterocycles. The molecule has 0 radical (unpaired) electrons. The minimum absolute atomic E-state index is 0.276. The van der Waals surface area contributed by atoms with Crippen LogP contribution in [0, 0.1) is 0 Å². The van der Waals surface area contributed by atoms with E-state index in [1.54, 1.807) is 24.5 Å². The summed E-state index contributed by atoms with van der Waals surface area (Å²) < 4.78 is 0. The Bertz CT molecular complexity index is 385. The van der Waals surface area contributed by atoms with Crippen molar-refractivity contribution >= 4 is 18.0 Å². The van der Waals surface area contributed by atoms with Crippen LogP contribution in [0.15, 0.2) is 23.2 Å². The van der Waals surface area contributed by atoms with E-state index in [9.17, 15) is 4.79 Å². The maximum absolute atomic E-state index is 10.6. The zero-order valence-electron chi connectivity index (χ0n) is 6.82. The number of carbonyl (C=O) groups is 1. The molecule has 0 bridgehead atoms. The number of hydrogen-bond acceptors (Lipinski definition) is 3. The van der Waals surface area contributed by atoms with E-state index in [1.807, 2.05) is 0 Å². The summed E-state index contributed by atoms with van der Waals surface area (Å²) in [5.41, 5.74) is 2.03. The molecule has 0 amide bonds. The molecule has 0 aromatic heterocycles. The molecule has 1 aromatic carbocycles. The molecule has 4 heteroatoms. The Morgan fingerprint density at radius 1 is 1.54 bits per heavy atom. The summed E-state index contributed by atoms with van der Waals surface area (Å²) >= 11 is 0. The van der Waals surface area contributed by atoms with Gasteiger partial charge in [-0.1, -0.05) is 6.07 Å². The van der Waals surface area contributed by atoms with E-state index in [1.165, 1.54) is 0 Å². The SMILES string of the molecule is O=C(O)c1ccc2c(c1)N=CNC2. The normalized spacial score (nSPS) is 13.2. The lowest BCUT2D eigenvalue weighted by Gasteiger charge is -2.10. The molecule has 0 atom stereocenters. The highest BCUT2D eigenvalue weighted by molar-refractivity contribution is 5.89. The Morgan fingerprint density at radius 3 is 3.15 bits per heavy atom. The lowest BCUT2D eigenvalue weighted by Crippen LogP contribution is -2.14. The van der Waals surface area contributed by atoms with Gasteiger partial charge in [0.25, 0.3) is 0 Å². The van der Waals surface area contributed by atoms with Gasteiger partial charge in [0.05, 0.1) is 17.6 Å². The first-order valence-electron chi connectivity index (χ1n) is 3.89. The Balaban J connectivity index is 2.48. The van der Waals surface area contributed by atoms with Gasteiger partial charge in [0, 0.05) is 6.54 Å². The number of nitrogens with one attached hydrogen (secondary N) is 1. The number of nitrogens with zero attached hydrogens (tertiary/aromatic N) is 1. The molecule has 2 N–H and O–H groups in total. The quantitative estimate of drug-likeness (QED) is 0.674. The lowest BCUT2D eigenvalue weighted by atomic mass is 10.1. The number of carboxylic acid groups (broad SMARTS) is 1. The highest BCUT2D eigenvalue weighted by atomic mass is 16.4. The van der Waals surface area contributed by atoms with Crippen LogP contribution in [-0.2, 0) is 6.54 Å². The average molecular weight is 176 g/mol. The van der Waals surface area contributed by atoms with E-state index in [0.29, 0.717) is 6.54 Å². The van der Waals surface area contributed by atoms with Gasteiger partial charge in [-0.25, -0.2) is 9.79 Å². The molecule has 1 aliphatic heterocycles. The third-order valence-corrected chi connectivity index (χ3v) is 1.92. The van der Waals surface area contributed by atoms with Crippen LogP contribution in [0.25, 0.3) is 0 Å². The molecule has 1 aromatic rings. The minimum Gasteiger partial charge on any atom is -0.478 e. The predicted octanol–water partition coefficient (Wildman–Crippen LogP) is 1.15. The Morgan fingerprint density at radius 2 is 2.38 bits per heavy atom. The fourth-order valence-corrected chi connectivity index (χ4v) is 1.24. The topological polar surface area (TPSA) is 61.7 Å². The zero-order valence-corrected chi connectivity index (χ0v) is 6.82. The Hall–Kier alpha value is -1.84. The monoisotopic (exact) mass is 176 g/mol. The van der Waals surface area contributed by atoms with Crippen LogP contribution in [0.5, 0.6) is 0 Å². The predicted molar refractivity (Wildman–Crippen MR) is 48.4 cm³/mol. The van der Waals surface area contributed by atoms with Crippen molar-refractivity contribution in [3.8, 4) is 0 Å². The van der Waals surface area contributed by atoms with Crippen molar-refractivity contribution in [1.82, 2.24) is 5.32 Å². The molecule has 0 saturated carbocycles. The summed E-state index contributed by atoms with van der Waals surface area (Å²) in [6.07, 6.45) is 1.58. The fourth-order valence-electron chi connectivity index (χ4n) is 1.24. The van der Waals surface area contributed by atoms with Gasteiger partial charge in [0.15, 0.2) is 0 Å². The maximum atomic E-state index is 10.6. The van der Waals surface area contributed by atoms with Gasteiger partial charge >= 0.3 is 5.97 Å². The van der Waals surface area contributed by atoms with Gasteiger partial charge in [0.2, 0.25) is 0 Å². The summed E-state index contributed by atoms with van der Waals surface area (Å²) in [5.74, 6) is -0.920. The Labute approximate surface area is 74.9 Å². The first kappa shape index (κ1) is 7.79. The van der Waals surface area contributed by atoms with Gasteiger partial charge in [0.1, 0.15) is 0 Å². The summed E-state index contributed by atoms with van der Waals surface area (Å²) in [6.45, 7) is 0.707. The first-order valence-corrected chi connectivity index (χ1v) is 3.89. The third kappa shape index (κ3) is 1.38.